The van der Waals surface area contributed by atoms with Crippen molar-refractivity contribution in [1.29, 1.82) is 0 Å². The Morgan fingerprint density at radius 2 is 1.76 bits per heavy atom. The van der Waals surface area contributed by atoms with Gasteiger partial charge in [-0.1, -0.05) is 12.6 Å². The first-order chi connectivity index (χ1) is 18.6. The minimum Gasteiger partial charge on any atom is -0.438 e. The molecule has 38 heavy (non-hydrogen) atoms. The lowest BCUT2D eigenvalue weighted by atomic mass is 10.2. The number of nitrogens with one attached hydrogen (secondary N) is 3. The number of piperazine rings is 1. The standard InChI is InChI=1S/C28H30N8O2/c1-3-24(37)30-20-5-4-6-22(17-20)38-27-25-23(36-15-16-36)18-29-26(25)32-28(33-27)31-19-7-9-21(10-8-19)35-13-11-34(2)12-14-35/h3-10,17-18H,1,11-16H2,2H3,(H,30,37)(H2,29,31,32,33). The summed E-state index contributed by atoms with van der Waals surface area (Å²) in [5, 5.41) is 6.91. The van der Waals surface area contributed by atoms with Crippen LogP contribution >= 0.6 is 0 Å². The number of carbonyl (C=O) groups excluding carboxylic acids is 1. The molecule has 0 unspecified atom stereocenters. The Labute approximate surface area is 220 Å². The summed E-state index contributed by atoms with van der Waals surface area (Å²) in [6.07, 6.45) is 3.17. The van der Waals surface area contributed by atoms with E-state index in [1.807, 2.05) is 30.5 Å². The SMILES string of the molecule is C=CC(=O)Nc1cccc(Oc2nc(Nc3ccc(N4CCN(C)CC4)cc3)nc3[nH]cc(N4CC4)c23)c1. The highest BCUT2D eigenvalue weighted by atomic mass is 16.5. The quantitative estimate of drug-likeness (QED) is 0.240. The monoisotopic (exact) mass is 510 g/mol. The van der Waals surface area contributed by atoms with E-state index in [9.17, 15) is 4.79 Å². The molecule has 2 aromatic carbocycles. The fourth-order valence-corrected chi connectivity index (χ4v) is 4.55. The van der Waals surface area contributed by atoms with E-state index in [1.165, 1.54) is 11.8 Å². The second kappa shape index (κ2) is 10.1. The Morgan fingerprint density at radius 3 is 2.50 bits per heavy atom. The van der Waals surface area contributed by atoms with Gasteiger partial charge in [-0.3, -0.25) is 4.79 Å². The van der Waals surface area contributed by atoms with Gasteiger partial charge in [-0.25, -0.2) is 0 Å². The van der Waals surface area contributed by atoms with Crippen molar-refractivity contribution >= 4 is 45.6 Å². The Bertz CT molecular complexity index is 1470. The molecule has 0 spiro atoms. The third-order valence-electron chi connectivity index (χ3n) is 6.76. The van der Waals surface area contributed by atoms with Crippen molar-refractivity contribution in [2.75, 3.05) is 66.7 Å². The second-order valence-electron chi connectivity index (χ2n) is 9.52. The van der Waals surface area contributed by atoms with E-state index in [0.717, 1.165) is 56.0 Å². The number of ether oxygens (including phenoxy) is 1. The molecular formula is C28H30N8O2. The molecule has 0 radical (unpaired) electrons. The third-order valence-corrected chi connectivity index (χ3v) is 6.76. The molecule has 2 fully saturated rings. The van der Waals surface area contributed by atoms with E-state index in [-0.39, 0.29) is 5.91 Å². The lowest BCUT2D eigenvalue weighted by Crippen LogP contribution is -2.44. The van der Waals surface area contributed by atoms with Crippen molar-refractivity contribution in [2.24, 2.45) is 0 Å². The average molecular weight is 511 g/mol. The number of aromatic amines is 1. The van der Waals surface area contributed by atoms with E-state index < -0.39 is 0 Å². The highest BCUT2D eigenvalue weighted by Crippen LogP contribution is 2.38. The fourth-order valence-electron chi connectivity index (χ4n) is 4.55. The van der Waals surface area contributed by atoms with Gasteiger partial charge >= 0.3 is 0 Å². The first-order valence-electron chi connectivity index (χ1n) is 12.7. The van der Waals surface area contributed by atoms with Gasteiger partial charge in [0.15, 0.2) is 0 Å². The maximum atomic E-state index is 11.7. The predicted molar refractivity (Wildman–Crippen MR) is 151 cm³/mol. The molecule has 10 heteroatoms. The van der Waals surface area contributed by atoms with Crippen LogP contribution < -0.4 is 25.2 Å². The average Bonchev–Trinajstić information content (AvgIpc) is 3.68. The third kappa shape index (κ3) is 5.12. The number of nitrogens with zero attached hydrogens (tertiary/aromatic N) is 5. The van der Waals surface area contributed by atoms with Crippen molar-refractivity contribution in [3.8, 4) is 11.6 Å². The summed E-state index contributed by atoms with van der Waals surface area (Å²) < 4.78 is 6.28. The van der Waals surface area contributed by atoms with Gasteiger partial charge in [0, 0.05) is 68.6 Å². The number of rotatable bonds is 8. The van der Waals surface area contributed by atoms with Crippen molar-refractivity contribution in [1.82, 2.24) is 19.9 Å². The molecule has 2 aromatic heterocycles. The summed E-state index contributed by atoms with van der Waals surface area (Å²) in [4.78, 5) is 31.5. The molecule has 0 aliphatic carbocycles. The van der Waals surface area contributed by atoms with Crippen LogP contribution in [0.15, 0.2) is 67.4 Å². The zero-order valence-electron chi connectivity index (χ0n) is 21.3. The van der Waals surface area contributed by atoms with E-state index in [1.54, 1.807) is 12.1 Å². The predicted octanol–water partition coefficient (Wildman–Crippen LogP) is 4.19. The van der Waals surface area contributed by atoms with E-state index in [2.05, 4.69) is 56.1 Å². The molecule has 194 valence electrons. The number of fused-ring (bicyclic) bond motifs is 1. The summed E-state index contributed by atoms with van der Waals surface area (Å²) in [7, 11) is 2.16. The number of likely N-dealkylation sites (N-methyl/N-ethyl adjacent to an activating group) is 1. The van der Waals surface area contributed by atoms with Crippen LogP contribution in [0.3, 0.4) is 0 Å². The molecule has 2 aliphatic heterocycles. The Kier molecular flexibility index (Phi) is 6.30. The second-order valence-corrected chi connectivity index (χ2v) is 9.52. The first kappa shape index (κ1) is 23.8. The van der Waals surface area contributed by atoms with Gasteiger partial charge in [0.2, 0.25) is 17.7 Å². The number of amides is 1. The fraction of sp³-hybridized carbons (Fsp3) is 0.250. The summed E-state index contributed by atoms with van der Waals surface area (Å²) in [6, 6.07) is 15.5. The smallest absolute Gasteiger partial charge is 0.247 e. The molecule has 4 aromatic rings. The van der Waals surface area contributed by atoms with Crippen LogP contribution in [-0.4, -0.2) is 72.1 Å². The summed E-state index contributed by atoms with van der Waals surface area (Å²) >= 11 is 0. The van der Waals surface area contributed by atoms with Gasteiger partial charge in [0.05, 0.1) is 5.69 Å². The van der Waals surface area contributed by atoms with E-state index in [0.29, 0.717) is 28.9 Å². The summed E-state index contributed by atoms with van der Waals surface area (Å²) in [5.74, 6) is 1.12. The van der Waals surface area contributed by atoms with E-state index >= 15 is 0 Å². The lowest BCUT2D eigenvalue weighted by Gasteiger charge is -2.34. The van der Waals surface area contributed by atoms with Crippen LogP contribution in [0.5, 0.6) is 11.6 Å². The van der Waals surface area contributed by atoms with Crippen LogP contribution in [0.2, 0.25) is 0 Å². The molecule has 2 saturated heterocycles. The summed E-state index contributed by atoms with van der Waals surface area (Å²) in [5.41, 5.74) is 4.40. The molecule has 0 saturated carbocycles. The Balaban J connectivity index is 1.27. The van der Waals surface area contributed by atoms with Gasteiger partial charge in [0.1, 0.15) is 16.8 Å². The Morgan fingerprint density at radius 1 is 1.00 bits per heavy atom. The lowest BCUT2D eigenvalue weighted by molar-refractivity contribution is -0.111. The molecule has 3 N–H and O–H groups in total. The van der Waals surface area contributed by atoms with Crippen molar-refractivity contribution in [3.63, 3.8) is 0 Å². The maximum absolute atomic E-state index is 11.7. The Hall–Kier alpha value is -4.57. The molecular weight excluding hydrogens is 480 g/mol. The van der Waals surface area contributed by atoms with Crippen molar-refractivity contribution in [3.05, 3.63) is 67.4 Å². The molecule has 4 heterocycles. The van der Waals surface area contributed by atoms with Crippen LogP contribution in [0.1, 0.15) is 0 Å². The maximum Gasteiger partial charge on any atom is 0.247 e. The zero-order valence-corrected chi connectivity index (χ0v) is 21.3. The minimum absolute atomic E-state index is 0.286. The molecule has 0 bridgehead atoms. The number of hydrogen-bond acceptors (Lipinski definition) is 8. The largest absolute Gasteiger partial charge is 0.438 e. The zero-order chi connectivity index (χ0) is 26.1. The van der Waals surface area contributed by atoms with Crippen LogP contribution in [0, 0.1) is 0 Å². The summed E-state index contributed by atoms with van der Waals surface area (Å²) in [6.45, 7) is 9.64. The molecule has 1 amide bonds. The molecule has 2 aliphatic rings. The van der Waals surface area contributed by atoms with Crippen LogP contribution in [0.4, 0.5) is 28.7 Å². The molecule has 0 atom stereocenters. The van der Waals surface area contributed by atoms with Gasteiger partial charge in [-0.05, 0) is 49.5 Å². The van der Waals surface area contributed by atoms with E-state index in [4.69, 9.17) is 14.7 Å². The number of benzene rings is 2. The van der Waals surface area contributed by atoms with Gasteiger partial charge in [-0.2, -0.15) is 9.97 Å². The first-order valence-corrected chi connectivity index (χ1v) is 12.7. The highest BCUT2D eigenvalue weighted by Gasteiger charge is 2.25. The van der Waals surface area contributed by atoms with Gasteiger partial charge in [-0.15, -0.1) is 0 Å². The highest BCUT2D eigenvalue weighted by molar-refractivity contribution is 5.99. The van der Waals surface area contributed by atoms with Crippen molar-refractivity contribution in [2.45, 2.75) is 0 Å². The number of anilines is 5. The van der Waals surface area contributed by atoms with Gasteiger partial charge < -0.3 is 35.1 Å². The topological polar surface area (TPSA) is 101 Å². The van der Waals surface area contributed by atoms with Crippen LogP contribution in [0.25, 0.3) is 11.0 Å². The molecule has 10 nitrogen and oxygen atoms in total. The van der Waals surface area contributed by atoms with Crippen molar-refractivity contribution < 1.29 is 9.53 Å². The number of H-pyrrole nitrogens is 1. The molecule has 6 rings (SSSR count). The number of aromatic nitrogens is 3. The van der Waals surface area contributed by atoms with Gasteiger partial charge in [0.25, 0.3) is 0 Å². The number of hydrogen-bond donors (Lipinski definition) is 3. The van der Waals surface area contributed by atoms with Crippen LogP contribution in [-0.2, 0) is 4.79 Å². The minimum atomic E-state index is -0.286. The number of carbonyl (C=O) groups is 1. The normalized spacial score (nSPS) is 15.4.